The first-order valence-electron chi connectivity index (χ1n) is 10.5. The van der Waals surface area contributed by atoms with Crippen LogP contribution in [0, 0.1) is 5.92 Å². The van der Waals surface area contributed by atoms with Crippen LogP contribution >= 0.6 is 0 Å². The Labute approximate surface area is 188 Å². The molecule has 0 aliphatic heterocycles. The molecule has 4 rings (SSSR count). The van der Waals surface area contributed by atoms with Crippen LogP contribution in [0.5, 0.6) is 5.75 Å². The van der Waals surface area contributed by atoms with Crippen LogP contribution in [-0.4, -0.2) is 29.1 Å². The molecule has 0 saturated heterocycles. The van der Waals surface area contributed by atoms with Gasteiger partial charge in [-0.15, -0.1) is 0 Å². The molecule has 3 aromatic rings. The van der Waals surface area contributed by atoms with E-state index in [0.717, 1.165) is 16.8 Å². The summed E-state index contributed by atoms with van der Waals surface area (Å²) < 4.78 is 31.1. The highest BCUT2D eigenvalue weighted by Gasteiger charge is 2.28. The second-order valence-corrected chi connectivity index (χ2v) is 9.95. The van der Waals surface area contributed by atoms with Gasteiger partial charge < -0.3 is 4.74 Å². The molecule has 164 valence electrons. The van der Waals surface area contributed by atoms with E-state index >= 15 is 0 Å². The minimum absolute atomic E-state index is 0.0520. The molecule has 0 amide bonds. The summed E-state index contributed by atoms with van der Waals surface area (Å²) in [5, 5.41) is 0. The third kappa shape index (κ3) is 4.62. The summed E-state index contributed by atoms with van der Waals surface area (Å²) in [4.78, 5) is 13.5. The molecule has 0 radical (unpaired) electrons. The quantitative estimate of drug-likeness (QED) is 0.524. The van der Waals surface area contributed by atoms with E-state index in [-0.39, 0.29) is 17.6 Å². The van der Waals surface area contributed by atoms with Crippen molar-refractivity contribution in [2.24, 2.45) is 5.92 Å². The van der Waals surface area contributed by atoms with Gasteiger partial charge in [-0.05, 0) is 36.3 Å². The lowest BCUT2D eigenvalue weighted by molar-refractivity contribution is 0.241. The maximum absolute atomic E-state index is 12.3. The molecule has 3 heterocycles. The first kappa shape index (κ1) is 21.9. The summed E-state index contributed by atoms with van der Waals surface area (Å²) in [5.74, 6) is 0.562. The summed E-state index contributed by atoms with van der Waals surface area (Å²) in [5.41, 5.74) is 2.57. The molecule has 0 aromatic carbocycles. The predicted molar refractivity (Wildman–Crippen MR) is 124 cm³/mol. The van der Waals surface area contributed by atoms with Gasteiger partial charge in [-0.1, -0.05) is 38.1 Å². The van der Waals surface area contributed by atoms with E-state index in [2.05, 4.69) is 15.0 Å². The zero-order chi connectivity index (χ0) is 22.6. The minimum atomic E-state index is -3.25. The van der Waals surface area contributed by atoms with Crippen molar-refractivity contribution < 1.29 is 13.2 Å². The highest BCUT2D eigenvalue weighted by Crippen LogP contribution is 2.38. The summed E-state index contributed by atoms with van der Waals surface area (Å²) >= 11 is 0. The normalized spacial score (nSPS) is 18.4. The smallest absolute Gasteiger partial charge is 0.177 e. The Balaban J connectivity index is 1.69. The molecule has 0 spiro atoms. The van der Waals surface area contributed by atoms with Gasteiger partial charge in [-0.3, -0.25) is 15.0 Å². The number of ether oxygens (including phenoxy) is 1. The maximum atomic E-state index is 12.3. The summed E-state index contributed by atoms with van der Waals surface area (Å²) in [6.45, 7) is 3.65. The van der Waals surface area contributed by atoms with Gasteiger partial charge >= 0.3 is 0 Å². The fraction of sp³-hybridized carbons (Fsp3) is 0.240. The summed E-state index contributed by atoms with van der Waals surface area (Å²) in [6.07, 6.45) is 13.7. The zero-order valence-corrected chi connectivity index (χ0v) is 18.8. The van der Waals surface area contributed by atoms with Crippen molar-refractivity contribution in [1.82, 2.24) is 15.0 Å². The van der Waals surface area contributed by atoms with Crippen LogP contribution in [0.3, 0.4) is 0 Å². The number of pyridine rings is 3. The van der Waals surface area contributed by atoms with E-state index in [9.17, 15) is 8.42 Å². The molecular formula is C25H25N3O3S. The Morgan fingerprint density at radius 2 is 1.66 bits per heavy atom. The predicted octanol–water partition coefficient (Wildman–Crippen LogP) is 4.65. The van der Waals surface area contributed by atoms with Crippen molar-refractivity contribution in [3.05, 3.63) is 107 Å². The van der Waals surface area contributed by atoms with Crippen LogP contribution < -0.4 is 4.74 Å². The van der Waals surface area contributed by atoms with Crippen molar-refractivity contribution in [3.63, 3.8) is 0 Å². The highest BCUT2D eigenvalue weighted by atomic mass is 32.2. The van der Waals surface area contributed by atoms with Gasteiger partial charge in [0.25, 0.3) is 0 Å². The molecule has 32 heavy (non-hydrogen) atoms. The van der Waals surface area contributed by atoms with E-state index in [1.807, 2.05) is 55.5 Å². The first-order chi connectivity index (χ1) is 15.5. The minimum Gasteiger partial charge on any atom is -0.479 e. The Morgan fingerprint density at radius 3 is 2.22 bits per heavy atom. The van der Waals surface area contributed by atoms with Crippen molar-refractivity contribution in [1.29, 1.82) is 0 Å². The van der Waals surface area contributed by atoms with E-state index < -0.39 is 15.9 Å². The van der Waals surface area contributed by atoms with Gasteiger partial charge in [-0.2, -0.15) is 0 Å². The van der Waals surface area contributed by atoms with E-state index in [1.54, 1.807) is 44.0 Å². The fourth-order valence-electron chi connectivity index (χ4n) is 3.78. The van der Waals surface area contributed by atoms with Gasteiger partial charge in [-0.25, -0.2) is 8.42 Å². The zero-order valence-electron chi connectivity index (χ0n) is 18.0. The molecule has 7 heteroatoms. The number of sulfone groups is 1. The molecule has 1 aliphatic rings. The number of allylic oxidation sites excluding steroid dienone is 3. The third-order valence-corrected chi connectivity index (χ3v) is 7.29. The van der Waals surface area contributed by atoms with Crippen LogP contribution in [0.1, 0.15) is 42.7 Å². The molecule has 2 unspecified atom stereocenters. The topological polar surface area (TPSA) is 82.0 Å². The van der Waals surface area contributed by atoms with Crippen LogP contribution in [0.2, 0.25) is 0 Å². The molecule has 3 aromatic heterocycles. The van der Waals surface area contributed by atoms with E-state index in [0.29, 0.717) is 10.7 Å². The molecule has 6 nitrogen and oxygen atoms in total. The van der Waals surface area contributed by atoms with Gasteiger partial charge in [0, 0.05) is 48.0 Å². The number of aromatic nitrogens is 3. The van der Waals surface area contributed by atoms with Gasteiger partial charge in [0.2, 0.25) is 0 Å². The van der Waals surface area contributed by atoms with Crippen LogP contribution in [0.15, 0.2) is 90.5 Å². The van der Waals surface area contributed by atoms with Crippen LogP contribution in [0.25, 0.3) is 0 Å². The summed E-state index contributed by atoms with van der Waals surface area (Å²) in [6, 6.07) is 11.4. The SMILES string of the molecule is CCS(=O)(=O)C1=CC(C)C(c2ncccc2OC(c2cccnc2)c2cccnc2)C=C1. The van der Waals surface area contributed by atoms with Crippen molar-refractivity contribution in [2.45, 2.75) is 25.9 Å². The number of hydrogen-bond acceptors (Lipinski definition) is 6. The Morgan fingerprint density at radius 1 is 1.00 bits per heavy atom. The average molecular weight is 448 g/mol. The Kier molecular flexibility index (Phi) is 6.46. The molecule has 0 fully saturated rings. The van der Waals surface area contributed by atoms with Crippen molar-refractivity contribution >= 4 is 9.84 Å². The number of hydrogen-bond donors (Lipinski definition) is 0. The fourth-order valence-corrected chi connectivity index (χ4v) is 4.82. The second kappa shape index (κ2) is 9.44. The Bertz CT molecular complexity index is 1190. The van der Waals surface area contributed by atoms with Gasteiger partial charge in [0.05, 0.1) is 16.4 Å². The molecule has 1 aliphatic carbocycles. The van der Waals surface area contributed by atoms with Crippen LogP contribution in [-0.2, 0) is 9.84 Å². The maximum Gasteiger partial charge on any atom is 0.177 e. The molecular weight excluding hydrogens is 422 g/mol. The standard InChI is InChI=1S/C25H25N3O3S/c1-3-32(29,30)21-10-11-22(18(2)15-21)24-23(9-6-14-28-24)31-25(19-7-4-12-26-16-19)20-8-5-13-27-17-20/h4-18,22,25H,3H2,1-2H3. The second-order valence-electron chi connectivity index (χ2n) is 7.67. The van der Waals surface area contributed by atoms with Crippen molar-refractivity contribution in [2.75, 3.05) is 5.75 Å². The number of rotatable bonds is 7. The lowest BCUT2D eigenvalue weighted by Gasteiger charge is -2.26. The number of nitrogens with zero attached hydrogens (tertiary/aromatic N) is 3. The van der Waals surface area contributed by atoms with E-state index in [1.165, 1.54) is 0 Å². The van der Waals surface area contributed by atoms with E-state index in [4.69, 9.17) is 4.74 Å². The van der Waals surface area contributed by atoms with Crippen molar-refractivity contribution in [3.8, 4) is 5.75 Å². The average Bonchev–Trinajstić information content (AvgIpc) is 2.84. The van der Waals surface area contributed by atoms with Crippen LogP contribution in [0.4, 0.5) is 0 Å². The molecule has 0 bridgehead atoms. The largest absolute Gasteiger partial charge is 0.479 e. The van der Waals surface area contributed by atoms with Gasteiger partial charge in [0.15, 0.2) is 15.9 Å². The Hall–Kier alpha value is -3.32. The lowest BCUT2D eigenvalue weighted by Crippen LogP contribution is -2.17. The third-order valence-electron chi connectivity index (χ3n) is 5.54. The molecule has 0 N–H and O–H groups in total. The highest BCUT2D eigenvalue weighted by molar-refractivity contribution is 7.95. The molecule has 2 atom stereocenters. The summed E-state index contributed by atoms with van der Waals surface area (Å²) in [7, 11) is -3.25. The molecule has 0 saturated carbocycles. The lowest BCUT2D eigenvalue weighted by atomic mass is 9.86. The van der Waals surface area contributed by atoms with Gasteiger partial charge in [0.1, 0.15) is 5.75 Å². The first-order valence-corrected chi connectivity index (χ1v) is 12.2. The monoisotopic (exact) mass is 447 g/mol.